The van der Waals surface area contributed by atoms with E-state index in [0.29, 0.717) is 18.0 Å². The summed E-state index contributed by atoms with van der Waals surface area (Å²) in [6.07, 6.45) is 2.45. The van der Waals surface area contributed by atoms with Crippen molar-refractivity contribution in [3.8, 4) is 5.75 Å². The molecule has 0 aliphatic heterocycles. The summed E-state index contributed by atoms with van der Waals surface area (Å²) >= 11 is 0. The second-order valence-corrected chi connectivity index (χ2v) is 6.67. The van der Waals surface area contributed by atoms with Crippen LogP contribution in [0.5, 0.6) is 5.75 Å². The highest BCUT2D eigenvalue weighted by atomic mass is 16.6. The van der Waals surface area contributed by atoms with Gasteiger partial charge in [0.1, 0.15) is 11.4 Å². The Labute approximate surface area is 148 Å². The van der Waals surface area contributed by atoms with Crippen molar-refractivity contribution in [2.45, 2.75) is 59.0 Å². The Kier molecular flexibility index (Phi) is 8.04. The molecule has 1 aromatic carbocycles. The van der Waals surface area contributed by atoms with Crippen LogP contribution in [0.1, 0.15) is 53.4 Å². The molecule has 0 atom stereocenters. The number of anilines is 2. The maximum atomic E-state index is 11.9. The van der Waals surface area contributed by atoms with Gasteiger partial charge in [-0.15, -0.1) is 0 Å². The van der Waals surface area contributed by atoms with Crippen LogP contribution in [0.15, 0.2) is 18.2 Å². The van der Waals surface area contributed by atoms with E-state index >= 15 is 0 Å². The minimum absolute atomic E-state index is 0.226. The molecular weight excluding hydrogens is 324 g/mol. The zero-order chi connectivity index (χ0) is 18.9. The molecule has 7 heteroatoms. The van der Waals surface area contributed by atoms with Gasteiger partial charge in [-0.3, -0.25) is 10.6 Å². The van der Waals surface area contributed by atoms with Crippen LogP contribution in [0, 0.1) is 0 Å². The van der Waals surface area contributed by atoms with Gasteiger partial charge in [-0.2, -0.15) is 0 Å². The SMILES string of the molecule is CCCCCCOc1ccc(NC(=O)OC(C)(C)C)c(NC(=O)O)c1. The van der Waals surface area contributed by atoms with Gasteiger partial charge in [0.25, 0.3) is 0 Å². The van der Waals surface area contributed by atoms with Gasteiger partial charge < -0.3 is 14.6 Å². The minimum Gasteiger partial charge on any atom is -0.494 e. The molecule has 1 aromatic rings. The Morgan fingerprint density at radius 2 is 1.80 bits per heavy atom. The summed E-state index contributed by atoms with van der Waals surface area (Å²) in [6.45, 7) is 7.95. The van der Waals surface area contributed by atoms with E-state index in [9.17, 15) is 9.59 Å². The molecule has 1 rings (SSSR count). The molecule has 0 spiro atoms. The third kappa shape index (κ3) is 8.83. The Bertz CT molecular complexity index is 581. The van der Waals surface area contributed by atoms with E-state index in [0.717, 1.165) is 25.7 Å². The number of unbranched alkanes of at least 4 members (excludes halogenated alkanes) is 3. The van der Waals surface area contributed by atoms with E-state index in [4.69, 9.17) is 14.6 Å². The molecular formula is C18H28N2O5. The quantitative estimate of drug-likeness (QED) is 0.567. The van der Waals surface area contributed by atoms with Gasteiger partial charge in [0.05, 0.1) is 18.0 Å². The molecule has 0 fully saturated rings. The van der Waals surface area contributed by atoms with Crippen LogP contribution in [0.2, 0.25) is 0 Å². The molecule has 0 bridgehead atoms. The fourth-order valence-corrected chi connectivity index (χ4v) is 2.07. The summed E-state index contributed by atoms with van der Waals surface area (Å²) in [6, 6.07) is 4.80. The Morgan fingerprint density at radius 3 is 2.40 bits per heavy atom. The molecule has 0 aromatic heterocycles. The van der Waals surface area contributed by atoms with Crippen molar-refractivity contribution in [3.05, 3.63) is 18.2 Å². The smallest absolute Gasteiger partial charge is 0.412 e. The molecule has 25 heavy (non-hydrogen) atoms. The summed E-state index contributed by atoms with van der Waals surface area (Å²) in [4.78, 5) is 22.9. The summed E-state index contributed by atoms with van der Waals surface area (Å²) in [5, 5.41) is 13.8. The summed E-state index contributed by atoms with van der Waals surface area (Å²) in [5.74, 6) is 0.537. The zero-order valence-electron chi connectivity index (χ0n) is 15.3. The lowest BCUT2D eigenvalue weighted by atomic mass is 10.2. The average molecular weight is 352 g/mol. The van der Waals surface area contributed by atoms with Crippen molar-refractivity contribution in [1.29, 1.82) is 0 Å². The standard InChI is InChI=1S/C18H28N2O5/c1-5-6-7-8-11-24-13-9-10-14(15(12-13)19-16(21)22)20-17(23)25-18(2,3)4/h9-10,12,19H,5-8,11H2,1-4H3,(H,20,23)(H,21,22). The van der Waals surface area contributed by atoms with Crippen LogP contribution in [0.3, 0.4) is 0 Å². The fourth-order valence-electron chi connectivity index (χ4n) is 2.07. The second-order valence-electron chi connectivity index (χ2n) is 6.67. The van der Waals surface area contributed by atoms with Crippen molar-refractivity contribution in [2.75, 3.05) is 17.2 Å². The number of amides is 2. The van der Waals surface area contributed by atoms with Gasteiger partial charge in [-0.25, -0.2) is 9.59 Å². The number of rotatable bonds is 8. The van der Waals surface area contributed by atoms with Crippen molar-refractivity contribution in [2.24, 2.45) is 0 Å². The zero-order valence-corrected chi connectivity index (χ0v) is 15.3. The minimum atomic E-state index is -1.23. The molecule has 140 valence electrons. The predicted molar refractivity (Wildman–Crippen MR) is 97.6 cm³/mol. The Balaban J connectivity index is 2.76. The van der Waals surface area contributed by atoms with Crippen LogP contribution in [0.4, 0.5) is 21.0 Å². The van der Waals surface area contributed by atoms with Crippen molar-refractivity contribution < 1.29 is 24.2 Å². The van der Waals surface area contributed by atoms with Gasteiger partial charge in [0, 0.05) is 6.07 Å². The van der Waals surface area contributed by atoms with Crippen molar-refractivity contribution in [1.82, 2.24) is 0 Å². The van der Waals surface area contributed by atoms with Gasteiger partial charge in [0.2, 0.25) is 0 Å². The van der Waals surface area contributed by atoms with Crippen LogP contribution in [0.25, 0.3) is 0 Å². The maximum Gasteiger partial charge on any atom is 0.412 e. The van der Waals surface area contributed by atoms with Crippen LogP contribution in [-0.2, 0) is 4.74 Å². The molecule has 0 heterocycles. The van der Waals surface area contributed by atoms with E-state index in [1.807, 2.05) is 0 Å². The third-order valence-electron chi connectivity index (χ3n) is 3.13. The lowest BCUT2D eigenvalue weighted by Crippen LogP contribution is -2.27. The van der Waals surface area contributed by atoms with Gasteiger partial charge in [-0.05, 0) is 39.3 Å². The average Bonchev–Trinajstić information content (AvgIpc) is 2.47. The molecule has 7 nitrogen and oxygen atoms in total. The largest absolute Gasteiger partial charge is 0.494 e. The number of carboxylic acid groups (broad SMARTS) is 1. The monoisotopic (exact) mass is 352 g/mol. The second kappa shape index (κ2) is 9.76. The number of carbonyl (C=O) groups is 2. The normalized spacial score (nSPS) is 10.9. The number of benzene rings is 1. The van der Waals surface area contributed by atoms with Crippen molar-refractivity contribution >= 4 is 23.6 Å². The summed E-state index contributed by atoms with van der Waals surface area (Å²) in [5.41, 5.74) is -0.120. The van der Waals surface area contributed by atoms with Gasteiger partial charge in [-0.1, -0.05) is 26.2 Å². The first-order valence-corrected chi connectivity index (χ1v) is 8.48. The summed E-state index contributed by atoms with van der Waals surface area (Å²) < 4.78 is 10.8. The maximum absolute atomic E-state index is 11.9. The molecule has 0 radical (unpaired) electrons. The van der Waals surface area contributed by atoms with Gasteiger partial charge in [0.15, 0.2) is 0 Å². The predicted octanol–water partition coefficient (Wildman–Crippen LogP) is 5.08. The first kappa shape index (κ1) is 20.6. The summed E-state index contributed by atoms with van der Waals surface area (Å²) in [7, 11) is 0. The molecule has 0 unspecified atom stereocenters. The first-order chi connectivity index (χ1) is 11.7. The fraction of sp³-hybridized carbons (Fsp3) is 0.556. The van der Waals surface area contributed by atoms with E-state index < -0.39 is 17.8 Å². The van der Waals surface area contributed by atoms with Crippen LogP contribution >= 0.6 is 0 Å². The lowest BCUT2D eigenvalue weighted by Gasteiger charge is -2.20. The van der Waals surface area contributed by atoms with E-state index in [2.05, 4.69) is 17.6 Å². The number of carbonyl (C=O) groups excluding carboxylic acids is 1. The molecule has 0 aliphatic carbocycles. The number of hydrogen-bond acceptors (Lipinski definition) is 4. The van der Waals surface area contributed by atoms with Crippen LogP contribution < -0.4 is 15.4 Å². The molecule has 0 saturated carbocycles. The highest BCUT2D eigenvalue weighted by Gasteiger charge is 2.18. The first-order valence-electron chi connectivity index (χ1n) is 8.48. The topological polar surface area (TPSA) is 96.9 Å². The number of ether oxygens (including phenoxy) is 2. The van der Waals surface area contributed by atoms with Crippen molar-refractivity contribution in [3.63, 3.8) is 0 Å². The van der Waals surface area contributed by atoms with Gasteiger partial charge >= 0.3 is 12.2 Å². The highest BCUT2D eigenvalue weighted by molar-refractivity contribution is 5.95. The Hall–Kier alpha value is -2.44. The molecule has 2 amide bonds. The van der Waals surface area contributed by atoms with E-state index in [-0.39, 0.29) is 5.69 Å². The lowest BCUT2D eigenvalue weighted by molar-refractivity contribution is 0.0636. The number of nitrogens with one attached hydrogen (secondary N) is 2. The molecule has 3 N–H and O–H groups in total. The van der Waals surface area contributed by atoms with E-state index in [1.165, 1.54) is 0 Å². The number of hydrogen-bond donors (Lipinski definition) is 3. The van der Waals surface area contributed by atoms with Crippen LogP contribution in [-0.4, -0.2) is 29.5 Å². The molecule has 0 aliphatic rings. The Morgan fingerprint density at radius 1 is 1.08 bits per heavy atom. The third-order valence-corrected chi connectivity index (χ3v) is 3.13. The highest BCUT2D eigenvalue weighted by Crippen LogP contribution is 2.28. The van der Waals surface area contributed by atoms with E-state index in [1.54, 1.807) is 39.0 Å². The molecule has 0 saturated heterocycles.